The normalized spacial score (nSPS) is 16.3. The minimum atomic E-state index is -1.10. The van der Waals surface area contributed by atoms with Gasteiger partial charge in [0.25, 0.3) is 0 Å². The first kappa shape index (κ1) is 23.8. The maximum atomic E-state index is 11.6. The number of ether oxygens (including phenoxy) is 3. The van der Waals surface area contributed by atoms with Crippen LogP contribution in [0.25, 0.3) is 0 Å². The molecule has 0 spiro atoms. The van der Waals surface area contributed by atoms with Crippen molar-refractivity contribution in [2.24, 2.45) is 0 Å². The van der Waals surface area contributed by atoms with Crippen molar-refractivity contribution >= 4 is 23.3 Å². The van der Waals surface area contributed by atoms with Crippen molar-refractivity contribution in [3.63, 3.8) is 0 Å². The number of anilines is 1. The standard InChI is InChI=1S/C12H15NO3.C11H11NO5/c1-12(2)6-8-7(11(14)15-3)4-5-9(13)10(8)16-12;1-11(2)5-7-6(10(13)14)3-4-8(12(15)16)9(7)17-11/h4-5H,6,13H2,1-3H3;3-4H,5H2,1-2H3,(H,13,14). The number of benzene rings is 2. The molecule has 4 rings (SSSR count). The van der Waals surface area contributed by atoms with Crippen molar-refractivity contribution in [2.45, 2.75) is 51.7 Å². The van der Waals surface area contributed by atoms with E-state index in [2.05, 4.69) is 0 Å². The van der Waals surface area contributed by atoms with Crippen LogP contribution >= 0.6 is 0 Å². The van der Waals surface area contributed by atoms with Crippen LogP contribution in [0.15, 0.2) is 24.3 Å². The van der Waals surface area contributed by atoms with Gasteiger partial charge in [0.2, 0.25) is 5.75 Å². The Labute approximate surface area is 190 Å². The summed E-state index contributed by atoms with van der Waals surface area (Å²) in [6, 6.07) is 5.78. The van der Waals surface area contributed by atoms with Crippen molar-refractivity contribution in [1.29, 1.82) is 0 Å². The van der Waals surface area contributed by atoms with Crippen LogP contribution in [0.1, 0.15) is 59.5 Å². The summed E-state index contributed by atoms with van der Waals surface area (Å²) in [6.07, 6.45) is 1.02. The molecule has 0 bridgehead atoms. The number of nitro groups is 1. The maximum absolute atomic E-state index is 11.6. The smallest absolute Gasteiger partial charge is 0.338 e. The number of nitro benzene ring substituents is 1. The van der Waals surface area contributed by atoms with Gasteiger partial charge in [-0.15, -0.1) is 0 Å². The molecule has 2 aromatic carbocycles. The summed E-state index contributed by atoms with van der Waals surface area (Å²) in [4.78, 5) is 32.9. The summed E-state index contributed by atoms with van der Waals surface area (Å²) in [5.74, 6) is -0.747. The molecule has 0 aromatic heterocycles. The fraction of sp³-hybridized carbons (Fsp3) is 0.391. The van der Waals surface area contributed by atoms with Crippen molar-refractivity contribution < 1.29 is 33.8 Å². The van der Waals surface area contributed by atoms with E-state index in [0.29, 0.717) is 35.4 Å². The molecule has 0 amide bonds. The van der Waals surface area contributed by atoms with Gasteiger partial charge in [-0.05, 0) is 45.9 Å². The second-order valence-corrected chi connectivity index (χ2v) is 9.08. The number of fused-ring (bicyclic) bond motifs is 2. The molecule has 0 saturated carbocycles. The van der Waals surface area contributed by atoms with Gasteiger partial charge < -0.3 is 25.1 Å². The number of rotatable bonds is 3. The number of aromatic carboxylic acids is 1. The molecule has 10 heteroatoms. The molecule has 10 nitrogen and oxygen atoms in total. The number of methoxy groups -OCH3 is 1. The molecule has 2 aromatic rings. The first-order valence-corrected chi connectivity index (χ1v) is 10.2. The van der Waals surface area contributed by atoms with Crippen LogP contribution in [0.4, 0.5) is 11.4 Å². The lowest BCUT2D eigenvalue weighted by molar-refractivity contribution is -0.386. The lowest BCUT2D eigenvalue weighted by atomic mass is 9.97. The third kappa shape index (κ3) is 4.69. The topological polar surface area (TPSA) is 151 Å². The molecule has 0 fully saturated rings. The number of carbonyl (C=O) groups is 2. The Hall–Kier alpha value is -3.82. The summed E-state index contributed by atoms with van der Waals surface area (Å²) in [7, 11) is 1.37. The lowest BCUT2D eigenvalue weighted by Gasteiger charge is -2.17. The summed E-state index contributed by atoms with van der Waals surface area (Å²) < 4.78 is 15.9. The van der Waals surface area contributed by atoms with E-state index in [9.17, 15) is 19.7 Å². The SMILES string of the molecule is CC1(C)Cc2c(C(=O)O)ccc([N+](=O)[O-])c2O1.COC(=O)c1ccc(N)c2c1CC(C)(C)O2. The molecule has 176 valence electrons. The number of esters is 1. The fourth-order valence-corrected chi connectivity index (χ4v) is 3.97. The summed E-state index contributed by atoms with van der Waals surface area (Å²) >= 11 is 0. The Morgan fingerprint density at radius 2 is 1.52 bits per heavy atom. The third-order valence-corrected chi connectivity index (χ3v) is 5.32. The maximum Gasteiger partial charge on any atom is 0.338 e. The van der Waals surface area contributed by atoms with Crippen molar-refractivity contribution in [3.8, 4) is 11.5 Å². The minimum absolute atomic E-state index is 0.0659. The second kappa shape index (κ2) is 8.27. The molecule has 0 atom stereocenters. The van der Waals surface area contributed by atoms with E-state index in [1.54, 1.807) is 26.0 Å². The molecule has 2 heterocycles. The fourth-order valence-electron chi connectivity index (χ4n) is 3.97. The predicted octanol–water partition coefficient (Wildman–Crippen LogP) is 3.78. The van der Waals surface area contributed by atoms with Crippen molar-refractivity contribution in [1.82, 2.24) is 0 Å². The average Bonchev–Trinajstić information content (AvgIpc) is 3.21. The van der Waals surface area contributed by atoms with Gasteiger partial charge in [0.15, 0.2) is 0 Å². The number of hydrogen-bond acceptors (Lipinski definition) is 8. The van der Waals surface area contributed by atoms with Crippen LogP contribution in [0.5, 0.6) is 11.5 Å². The van der Waals surface area contributed by atoms with E-state index >= 15 is 0 Å². The Morgan fingerprint density at radius 1 is 1.00 bits per heavy atom. The number of hydrogen-bond donors (Lipinski definition) is 2. The molecular weight excluding hydrogens is 432 g/mol. The number of nitrogens with zero attached hydrogens (tertiary/aromatic N) is 1. The molecule has 2 aliphatic heterocycles. The van der Waals surface area contributed by atoms with Crippen molar-refractivity contribution in [3.05, 3.63) is 56.6 Å². The monoisotopic (exact) mass is 458 g/mol. The minimum Gasteiger partial charge on any atom is -0.485 e. The van der Waals surface area contributed by atoms with Gasteiger partial charge >= 0.3 is 17.6 Å². The quantitative estimate of drug-likeness (QED) is 0.303. The highest BCUT2D eigenvalue weighted by Crippen LogP contribution is 2.43. The third-order valence-electron chi connectivity index (χ3n) is 5.32. The summed E-state index contributed by atoms with van der Waals surface area (Å²) in [6.45, 7) is 7.46. The Morgan fingerprint density at radius 3 is 2.03 bits per heavy atom. The number of carboxylic acid groups (broad SMARTS) is 1. The summed E-state index contributed by atoms with van der Waals surface area (Å²) in [5.41, 5.74) is 7.12. The van der Waals surface area contributed by atoms with Crippen LogP contribution < -0.4 is 15.2 Å². The number of nitrogens with two attached hydrogens (primary N) is 1. The summed E-state index contributed by atoms with van der Waals surface area (Å²) in [5, 5.41) is 19.9. The van der Waals surface area contributed by atoms with Gasteiger partial charge in [0, 0.05) is 30.0 Å². The average molecular weight is 458 g/mol. The second-order valence-electron chi connectivity index (χ2n) is 9.08. The van der Waals surface area contributed by atoms with E-state index in [1.807, 2.05) is 13.8 Å². The van der Waals surface area contributed by atoms with Crippen LogP contribution in [0.2, 0.25) is 0 Å². The highest BCUT2D eigenvalue weighted by Gasteiger charge is 2.38. The van der Waals surface area contributed by atoms with Gasteiger partial charge in [-0.3, -0.25) is 10.1 Å². The first-order valence-electron chi connectivity index (χ1n) is 10.2. The van der Waals surface area contributed by atoms with E-state index in [1.165, 1.54) is 19.2 Å². The number of nitrogen functional groups attached to an aromatic ring is 1. The van der Waals surface area contributed by atoms with Gasteiger partial charge in [0.05, 0.1) is 28.8 Å². The van der Waals surface area contributed by atoms with Gasteiger partial charge in [-0.1, -0.05) is 0 Å². The highest BCUT2D eigenvalue weighted by molar-refractivity contribution is 5.93. The predicted molar refractivity (Wildman–Crippen MR) is 119 cm³/mol. The van der Waals surface area contributed by atoms with E-state index in [-0.39, 0.29) is 28.6 Å². The van der Waals surface area contributed by atoms with E-state index < -0.39 is 16.5 Å². The van der Waals surface area contributed by atoms with Gasteiger partial charge in [-0.25, -0.2) is 9.59 Å². The molecule has 0 saturated heterocycles. The molecule has 0 unspecified atom stereocenters. The van der Waals surface area contributed by atoms with Crippen molar-refractivity contribution in [2.75, 3.05) is 12.8 Å². The molecule has 33 heavy (non-hydrogen) atoms. The zero-order valence-corrected chi connectivity index (χ0v) is 19.1. The zero-order chi connectivity index (χ0) is 24.7. The van der Waals surface area contributed by atoms with Gasteiger partial charge in [-0.2, -0.15) is 0 Å². The van der Waals surface area contributed by atoms with Gasteiger partial charge in [0.1, 0.15) is 17.0 Å². The van der Waals surface area contributed by atoms with Crippen LogP contribution in [-0.4, -0.2) is 40.3 Å². The number of carboxylic acids is 1. The molecule has 0 aliphatic carbocycles. The highest BCUT2D eigenvalue weighted by atomic mass is 16.6. The molecular formula is C23H26N2O8. The molecule has 2 aliphatic rings. The van der Waals surface area contributed by atoms with E-state index in [4.69, 9.17) is 25.1 Å². The lowest BCUT2D eigenvalue weighted by Crippen LogP contribution is -2.25. The Balaban J connectivity index is 0.000000186. The Kier molecular flexibility index (Phi) is 5.97. The van der Waals surface area contributed by atoms with Crippen LogP contribution in [0, 0.1) is 10.1 Å². The van der Waals surface area contributed by atoms with E-state index in [0.717, 1.165) is 5.56 Å². The number of carbonyl (C=O) groups excluding carboxylic acids is 1. The largest absolute Gasteiger partial charge is 0.485 e. The zero-order valence-electron chi connectivity index (χ0n) is 19.1. The first-order chi connectivity index (χ1) is 15.3. The van der Waals surface area contributed by atoms with Crippen LogP contribution in [0.3, 0.4) is 0 Å². The molecule has 3 N–H and O–H groups in total. The molecule has 0 radical (unpaired) electrons. The van der Waals surface area contributed by atoms with Crippen LogP contribution in [-0.2, 0) is 17.6 Å². The Bertz CT molecular complexity index is 1110.